The summed E-state index contributed by atoms with van der Waals surface area (Å²) in [7, 11) is 1.95. The number of hydrogen-bond acceptors (Lipinski definition) is 2. The van der Waals surface area contributed by atoms with Crippen LogP contribution in [0.2, 0.25) is 0 Å². The van der Waals surface area contributed by atoms with Crippen molar-refractivity contribution in [2.45, 2.75) is 0 Å². The van der Waals surface area contributed by atoms with Gasteiger partial charge >= 0.3 is 19.5 Å². The Kier molecular flexibility index (Phi) is 33.1. The third-order valence-electron chi connectivity index (χ3n) is 2.39. The molecule has 0 amide bonds. The molecule has 11 N–H and O–H groups in total. The summed E-state index contributed by atoms with van der Waals surface area (Å²) in [6.07, 6.45) is 15.4. The zero-order chi connectivity index (χ0) is 12.3. The van der Waals surface area contributed by atoms with Crippen molar-refractivity contribution in [2.75, 3.05) is 20.1 Å². The van der Waals surface area contributed by atoms with E-state index in [2.05, 4.69) is 28.1 Å². The molecule has 0 aliphatic carbocycles. The maximum atomic E-state index is 5.36. The summed E-state index contributed by atoms with van der Waals surface area (Å²) in [5.41, 5.74) is 5.36. The Morgan fingerprint density at radius 1 is 0.818 bits per heavy atom. The van der Waals surface area contributed by atoms with Crippen molar-refractivity contribution in [3.63, 3.8) is 0 Å². The fourth-order valence-electron chi connectivity index (χ4n) is 1.40. The third-order valence-corrected chi connectivity index (χ3v) is 2.39. The maximum absolute atomic E-state index is 5.36. The van der Waals surface area contributed by atoms with Gasteiger partial charge in [-0.1, -0.05) is 24.3 Å². The molecular weight excluding hydrogens is 369 g/mol. The molecule has 128 valence electrons. The van der Waals surface area contributed by atoms with Crippen LogP contribution in [0.25, 0.3) is 35.2 Å². The van der Waals surface area contributed by atoms with Crippen molar-refractivity contribution in [1.29, 1.82) is 0 Å². The Morgan fingerprint density at radius 3 is 1.45 bits per heavy atom. The Morgan fingerprint density at radius 2 is 1.18 bits per heavy atom. The van der Waals surface area contributed by atoms with E-state index in [0.29, 0.717) is 18.4 Å². The van der Waals surface area contributed by atoms with Crippen LogP contribution in [-0.4, -0.2) is 20.1 Å². The minimum atomic E-state index is 0. The molecule has 0 radical (unpaired) electrons. The number of nitrogens with one attached hydrogen (secondary N) is 1. The molecule has 0 aromatic heterocycles. The summed E-state index contributed by atoms with van der Waals surface area (Å²) in [5.74, 6) is 0.944. The first-order chi connectivity index (χ1) is 8.36. The van der Waals surface area contributed by atoms with E-state index < -0.39 is 0 Å². The van der Waals surface area contributed by atoms with Gasteiger partial charge in [0, 0.05) is 24.9 Å². The molecule has 2 rings (SSSR count). The molecule has 0 spiro atoms. The predicted octanol–water partition coefficient (Wildman–Crippen LogP) is 5.08. The minimum absolute atomic E-state index is 0. The fourth-order valence-corrected chi connectivity index (χ4v) is 1.40. The van der Waals surface area contributed by atoms with Gasteiger partial charge in [-0.3, -0.25) is 0 Å². The molecule has 0 aromatic rings. The maximum Gasteiger partial charge on any atom is 6.00 e. The average molecular weight is 397 g/mol. The van der Waals surface area contributed by atoms with E-state index in [0.717, 1.165) is 6.54 Å². The van der Waals surface area contributed by atoms with Crippen LogP contribution in [0.4, 0.5) is 0 Å². The molecule has 2 heterocycles. The van der Waals surface area contributed by atoms with Gasteiger partial charge in [0.05, 0.1) is 0 Å². The molecule has 0 saturated carbocycles. The monoisotopic (exact) mass is 398 g/mol. The van der Waals surface area contributed by atoms with Gasteiger partial charge in [0.25, 0.3) is 0 Å². The molecule has 8 nitrogen and oxygen atoms in total. The van der Waals surface area contributed by atoms with Crippen LogP contribution in [0.15, 0.2) is 49.1 Å². The van der Waals surface area contributed by atoms with Gasteiger partial charge in [-0.2, -0.15) is 24.8 Å². The molecule has 2 aliphatic heterocycles. The summed E-state index contributed by atoms with van der Waals surface area (Å²) in [6, 6.07) is 0. The van der Waals surface area contributed by atoms with Crippen molar-refractivity contribution >= 4 is 0 Å². The van der Waals surface area contributed by atoms with Crippen molar-refractivity contribution < 1.29 is 19.5 Å². The molecule has 0 aromatic carbocycles. The number of hydrogen-bond donors (Lipinski definition) is 2. The van der Waals surface area contributed by atoms with E-state index in [9.17, 15) is 0 Å². The normalized spacial score (nSPS) is 14.1. The second-order valence-corrected chi connectivity index (χ2v) is 3.79. The van der Waals surface area contributed by atoms with E-state index in [4.69, 9.17) is 5.73 Å². The standard InChI is InChI=1S/C7H11N2.C6H9N2.4H2N.Ru/c1-8-6-7-2-4-9-5-3-7;7-5-6-1-3-8-4-2-6;;;;;/h2-5,7-8H,6H2,1H3;1-4,6H,5,7H2;4*1H2;/q6*-1;+6. The summed E-state index contributed by atoms with van der Waals surface area (Å²) in [6.45, 7) is 1.69. The van der Waals surface area contributed by atoms with Crippen LogP contribution >= 0.6 is 0 Å². The summed E-state index contributed by atoms with van der Waals surface area (Å²) >= 11 is 0. The van der Waals surface area contributed by atoms with E-state index in [1.165, 1.54) is 0 Å². The summed E-state index contributed by atoms with van der Waals surface area (Å²) < 4.78 is 0. The van der Waals surface area contributed by atoms with Crippen LogP contribution in [0.5, 0.6) is 0 Å². The van der Waals surface area contributed by atoms with Gasteiger partial charge in [0.1, 0.15) is 0 Å². The van der Waals surface area contributed by atoms with Crippen LogP contribution in [0.1, 0.15) is 0 Å². The van der Waals surface area contributed by atoms with E-state index in [1.807, 2.05) is 31.6 Å². The Hall–Kier alpha value is -1.06. The van der Waals surface area contributed by atoms with Gasteiger partial charge in [0.2, 0.25) is 0 Å². The largest absolute Gasteiger partial charge is 6.00 e. The molecule has 22 heavy (non-hydrogen) atoms. The molecule has 0 saturated heterocycles. The Labute approximate surface area is 147 Å². The number of nitrogens with zero attached hydrogens (tertiary/aromatic N) is 2. The zero-order valence-corrected chi connectivity index (χ0v) is 14.6. The first kappa shape index (κ1) is 32.8. The van der Waals surface area contributed by atoms with Gasteiger partial charge in [-0.15, -0.1) is 0 Å². The van der Waals surface area contributed by atoms with Gasteiger partial charge in [-0.05, 0) is 7.05 Å². The topological polar surface area (TPSA) is 200 Å². The first-order valence-corrected chi connectivity index (χ1v) is 5.78. The average Bonchev–Trinajstić information content (AvgIpc) is 2.42. The second kappa shape index (κ2) is 22.2. The molecule has 2 aliphatic rings. The molecule has 0 unspecified atom stereocenters. The zero-order valence-electron chi connectivity index (χ0n) is 12.8. The second-order valence-electron chi connectivity index (χ2n) is 3.79. The minimum Gasteiger partial charge on any atom is -0.693 e. The summed E-state index contributed by atoms with van der Waals surface area (Å²) in [4.78, 5) is 0. The van der Waals surface area contributed by atoms with Crippen molar-refractivity contribution in [2.24, 2.45) is 17.6 Å². The Bertz CT molecular complexity index is 293. The van der Waals surface area contributed by atoms with E-state index >= 15 is 0 Å². The van der Waals surface area contributed by atoms with Crippen LogP contribution in [-0.2, 0) is 19.5 Å². The number of rotatable bonds is 3. The first-order valence-electron chi connectivity index (χ1n) is 5.78. The Balaban J connectivity index is -0.0000000716. The SMILES string of the molecule is CNCC1C=C[N-]C=C1.NCC1C=C[N-]C=C1.[NH2-].[NH2-].[NH2-].[NH2-].[Ru+6]. The van der Waals surface area contributed by atoms with Gasteiger partial charge in [0.15, 0.2) is 0 Å². The van der Waals surface area contributed by atoms with Gasteiger partial charge in [-0.25, -0.2) is 0 Å². The fraction of sp³-hybridized carbons (Fsp3) is 0.385. The van der Waals surface area contributed by atoms with Crippen molar-refractivity contribution in [1.82, 2.24) is 5.32 Å². The van der Waals surface area contributed by atoms with E-state index in [1.54, 1.807) is 12.4 Å². The molecule has 0 atom stereocenters. The quantitative estimate of drug-likeness (QED) is 0.626. The van der Waals surface area contributed by atoms with Gasteiger partial charge < -0.3 is 46.3 Å². The van der Waals surface area contributed by atoms with Crippen molar-refractivity contribution in [3.8, 4) is 0 Å². The third kappa shape index (κ3) is 15.3. The molecule has 0 fully saturated rings. The summed E-state index contributed by atoms with van der Waals surface area (Å²) in [5, 5.41) is 10.9. The van der Waals surface area contributed by atoms with Crippen LogP contribution in [0, 0.1) is 11.8 Å². The smallest absolute Gasteiger partial charge is 0.693 e. The molecular formula is C13H28N8Ru. The van der Waals surface area contributed by atoms with E-state index in [-0.39, 0.29) is 44.1 Å². The molecule has 9 heteroatoms. The molecule has 0 bridgehead atoms. The number of nitrogens with two attached hydrogens (primary N) is 5. The van der Waals surface area contributed by atoms with Crippen LogP contribution < -0.4 is 11.1 Å². The van der Waals surface area contributed by atoms with Crippen LogP contribution in [0.3, 0.4) is 0 Å². The van der Waals surface area contributed by atoms with Crippen molar-refractivity contribution in [3.05, 3.63) is 84.3 Å². The predicted molar refractivity (Wildman–Crippen MR) is 94.4 cm³/mol.